The van der Waals surface area contributed by atoms with Crippen molar-refractivity contribution >= 4 is 12.0 Å². The molecule has 0 aliphatic carbocycles. The Labute approximate surface area is 168 Å². The van der Waals surface area contributed by atoms with Gasteiger partial charge in [-0.1, -0.05) is 6.92 Å². The minimum absolute atomic E-state index is 0.256. The Balaban J connectivity index is 1.79. The van der Waals surface area contributed by atoms with E-state index in [1.807, 2.05) is 11.8 Å². The van der Waals surface area contributed by atoms with Gasteiger partial charge in [0.2, 0.25) is 5.89 Å². The first-order valence-electron chi connectivity index (χ1n) is 9.58. The highest BCUT2D eigenvalue weighted by molar-refractivity contribution is 5.94. The van der Waals surface area contributed by atoms with Crippen LogP contribution in [0.4, 0.5) is 4.79 Å². The molecule has 0 bridgehead atoms. The molecule has 0 spiro atoms. The van der Waals surface area contributed by atoms with Gasteiger partial charge in [0, 0.05) is 12.2 Å². The molecule has 2 aromatic rings. The van der Waals surface area contributed by atoms with Crippen LogP contribution in [0, 0.1) is 0 Å². The topological polar surface area (TPSA) is 123 Å². The smallest absolute Gasteiger partial charge is 0.337 e. The zero-order chi connectivity index (χ0) is 20.8. The molecule has 3 rings (SSSR count). The summed E-state index contributed by atoms with van der Waals surface area (Å²) < 4.78 is 16.1. The van der Waals surface area contributed by atoms with Crippen molar-refractivity contribution in [2.24, 2.45) is 0 Å². The number of hydrogen-bond donors (Lipinski definition) is 2. The fraction of sp³-hybridized carbons (Fsp3) is 0.474. The van der Waals surface area contributed by atoms with Gasteiger partial charge in [-0.3, -0.25) is 4.90 Å². The van der Waals surface area contributed by atoms with Gasteiger partial charge in [0.1, 0.15) is 0 Å². The third-order valence-corrected chi connectivity index (χ3v) is 4.34. The van der Waals surface area contributed by atoms with Gasteiger partial charge in [0.25, 0.3) is 5.89 Å². The second-order valence-corrected chi connectivity index (χ2v) is 6.62. The van der Waals surface area contributed by atoms with E-state index in [4.69, 9.17) is 13.6 Å². The molecule has 0 saturated carbocycles. The third-order valence-electron chi connectivity index (χ3n) is 4.34. The summed E-state index contributed by atoms with van der Waals surface area (Å²) in [5, 5.41) is 13.5. The van der Waals surface area contributed by atoms with Crippen LogP contribution in [0.1, 0.15) is 33.1 Å². The van der Waals surface area contributed by atoms with E-state index in [9.17, 15) is 9.59 Å². The molecule has 0 fully saturated rings. The van der Waals surface area contributed by atoms with Gasteiger partial charge in [0.05, 0.1) is 31.0 Å². The van der Waals surface area contributed by atoms with Gasteiger partial charge in [-0.2, -0.15) is 0 Å². The molecule has 10 heteroatoms. The minimum atomic E-state index is -0.449. The summed E-state index contributed by atoms with van der Waals surface area (Å²) in [6.45, 7) is 7.19. The molecule has 29 heavy (non-hydrogen) atoms. The van der Waals surface area contributed by atoms with Crippen molar-refractivity contribution in [3.63, 3.8) is 0 Å². The van der Waals surface area contributed by atoms with Crippen LogP contribution in [-0.2, 0) is 16.1 Å². The normalized spacial score (nSPS) is 16.7. The molecule has 0 unspecified atom stereocenters. The van der Waals surface area contributed by atoms with Gasteiger partial charge in [0.15, 0.2) is 5.76 Å². The Morgan fingerprint density at radius 2 is 2.14 bits per heavy atom. The number of ether oxygens (including phenoxy) is 1. The highest BCUT2D eigenvalue weighted by Gasteiger charge is 2.30. The first kappa shape index (κ1) is 20.6. The average molecular weight is 403 g/mol. The van der Waals surface area contributed by atoms with Gasteiger partial charge in [-0.05, 0) is 38.9 Å². The van der Waals surface area contributed by atoms with E-state index in [0.717, 1.165) is 6.42 Å². The molecule has 3 heterocycles. The lowest BCUT2D eigenvalue weighted by atomic mass is 10.0. The number of amides is 2. The van der Waals surface area contributed by atoms with Gasteiger partial charge < -0.3 is 24.2 Å². The predicted molar refractivity (Wildman–Crippen MR) is 102 cm³/mol. The second kappa shape index (κ2) is 9.37. The maximum Gasteiger partial charge on any atom is 0.337 e. The maximum atomic E-state index is 12.4. The Bertz CT molecular complexity index is 873. The number of hydrogen-bond acceptors (Lipinski definition) is 8. The van der Waals surface area contributed by atoms with Gasteiger partial charge in [-0.15, -0.1) is 10.2 Å². The van der Waals surface area contributed by atoms with E-state index in [-0.39, 0.29) is 12.6 Å². The first-order chi connectivity index (χ1) is 14.0. The van der Waals surface area contributed by atoms with Crippen molar-refractivity contribution in [3.05, 3.63) is 35.6 Å². The Morgan fingerprint density at radius 1 is 1.31 bits per heavy atom. The summed E-state index contributed by atoms with van der Waals surface area (Å²) in [6, 6.07) is 2.68. The van der Waals surface area contributed by atoms with E-state index in [1.165, 1.54) is 6.26 Å². The molecule has 1 aliphatic rings. The number of carbonyl (C=O) groups is 2. The van der Waals surface area contributed by atoms with Gasteiger partial charge >= 0.3 is 12.0 Å². The number of furan rings is 1. The van der Waals surface area contributed by atoms with Crippen LogP contribution in [0.5, 0.6) is 0 Å². The Morgan fingerprint density at radius 3 is 2.83 bits per heavy atom. The van der Waals surface area contributed by atoms with E-state index < -0.39 is 12.0 Å². The molecule has 1 aliphatic heterocycles. The lowest BCUT2D eigenvalue weighted by molar-refractivity contribution is -0.139. The molecule has 1 atom stereocenters. The lowest BCUT2D eigenvalue weighted by Gasteiger charge is -2.29. The van der Waals surface area contributed by atoms with E-state index >= 15 is 0 Å². The van der Waals surface area contributed by atoms with E-state index in [1.54, 1.807) is 26.0 Å². The molecule has 10 nitrogen and oxygen atoms in total. The summed E-state index contributed by atoms with van der Waals surface area (Å²) in [4.78, 5) is 26.4. The fourth-order valence-electron chi connectivity index (χ4n) is 3.17. The Kier molecular flexibility index (Phi) is 6.65. The largest absolute Gasteiger partial charge is 0.463 e. The first-order valence-corrected chi connectivity index (χ1v) is 9.58. The summed E-state index contributed by atoms with van der Waals surface area (Å²) in [7, 11) is 0. The van der Waals surface area contributed by atoms with Crippen LogP contribution >= 0.6 is 0 Å². The number of urea groups is 1. The van der Waals surface area contributed by atoms with Gasteiger partial charge in [-0.25, -0.2) is 9.59 Å². The van der Waals surface area contributed by atoms with E-state index in [2.05, 4.69) is 20.8 Å². The van der Waals surface area contributed by atoms with Crippen LogP contribution in [-0.4, -0.2) is 52.8 Å². The zero-order valence-electron chi connectivity index (χ0n) is 16.7. The van der Waals surface area contributed by atoms with Crippen LogP contribution in [0.25, 0.3) is 11.7 Å². The molecule has 0 aromatic carbocycles. The number of esters is 1. The molecule has 156 valence electrons. The van der Waals surface area contributed by atoms with Crippen molar-refractivity contribution in [1.82, 2.24) is 25.7 Å². The molecular formula is C19H25N5O5. The standard InChI is InChI=1S/C19H25N5O5/c1-4-8-24(11-15-22-23-17(29-15)14-7-6-9-28-14)10-13-16(18(25)27-5-2)12(3)20-19(26)21-13/h6-7,9,12H,4-5,8,10-11H2,1-3H3,(H2,20,21,26)/t12-/m0/s1. The number of carbonyl (C=O) groups excluding carboxylic acids is 2. The molecule has 2 aromatic heterocycles. The molecule has 0 saturated heterocycles. The van der Waals surface area contributed by atoms with Crippen molar-refractivity contribution in [2.75, 3.05) is 19.7 Å². The monoisotopic (exact) mass is 403 g/mol. The highest BCUT2D eigenvalue weighted by atomic mass is 16.5. The summed E-state index contributed by atoms with van der Waals surface area (Å²) in [5.41, 5.74) is 0.924. The maximum absolute atomic E-state index is 12.4. The highest BCUT2D eigenvalue weighted by Crippen LogP contribution is 2.20. The van der Waals surface area contributed by atoms with Crippen molar-refractivity contribution < 1.29 is 23.2 Å². The molecule has 2 N–H and O–H groups in total. The van der Waals surface area contributed by atoms with E-state index in [0.29, 0.717) is 48.4 Å². The Hall–Kier alpha value is -3.14. The summed E-state index contributed by atoms with van der Waals surface area (Å²) in [5.74, 6) is 0.766. The average Bonchev–Trinajstić information content (AvgIpc) is 3.33. The quantitative estimate of drug-likeness (QED) is 0.610. The minimum Gasteiger partial charge on any atom is -0.463 e. The van der Waals surface area contributed by atoms with Crippen molar-refractivity contribution in [1.29, 1.82) is 0 Å². The SMILES string of the molecule is CCCN(CC1=C(C(=O)OCC)[C@H](C)NC(=O)N1)Cc1nnc(-c2ccco2)o1. The van der Waals surface area contributed by atoms with Crippen molar-refractivity contribution in [2.45, 2.75) is 39.8 Å². The third kappa shape index (κ3) is 5.02. The summed E-state index contributed by atoms with van der Waals surface area (Å²) in [6.07, 6.45) is 2.40. The number of nitrogens with one attached hydrogen (secondary N) is 2. The number of rotatable bonds is 9. The molecule has 2 amide bonds. The molecular weight excluding hydrogens is 378 g/mol. The fourth-order valence-corrected chi connectivity index (χ4v) is 3.17. The molecule has 0 radical (unpaired) electrons. The van der Waals surface area contributed by atoms with Crippen LogP contribution < -0.4 is 10.6 Å². The predicted octanol–water partition coefficient (Wildman–Crippen LogP) is 2.06. The second-order valence-electron chi connectivity index (χ2n) is 6.62. The van der Waals surface area contributed by atoms with Crippen LogP contribution in [0.15, 0.2) is 38.5 Å². The number of nitrogens with zero attached hydrogens (tertiary/aromatic N) is 3. The lowest BCUT2D eigenvalue weighted by Crippen LogP contribution is -2.51. The zero-order valence-corrected chi connectivity index (χ0v) is 16.7. The van der Waals surface area contributed by atoms with Crippen LogP contribution in [0.2, 0.25) is 0 Å². The summed E-state index contributed by atoms with van der Waals surface area (Å²) >= 11 is 0. The van der Waals surface area contributed by atoms with Crippen molar-refractivity contribution in [3.8, 4) is 11.7 Å². The number of aromatic nitrogens is 2. The van der Waals surface area contributed by atoms with Crippen LogP contribution in [0.3, 0.4) is 0 Å².